The van der Waals surface area contributed by atoms with Gasteiger partial charge in [-0.3, -0.25) is 4.79 Å². The van der Waals surface area contributed by atoms with Crippen LogP contribution >= 0.6 is 11.8 Å². The second-order valence-electron chi connectivity index (χ2n) is 7.54. The number of H-pyrrole nitrogens is 1. The molecule has 1 aliphatic heterocycles. The smallest absolute Gasteiger partial charge is 0.231 e. The van der Waals surface area contributed by atoms with E-state index in [1.165, 1.54) is 11.8 Å². The van der Waals surface area contributed by atoms with Crippen LogP contribution in [0.3, 0.4) is 0 Å². The molecule has 2 N–H and O–H groups in total. The van der Waals surface area contributed by atoms with Crippen LogP contribution in [0.4, 0.5) is 0 Å². The Labute approximate surface area is 173 Å². The van der Waals surface area contributed by atoms with Crippen LogP contribution < -0.4 is 14.8 Å². The molecule has 0 unspecified atom stereocenters. The first kappa shape index (κ1) is 18.4. The Balaban J connectivity index is 1.30. The number of nitrogens with one attached hydrogen (secondary N) is 2. The molecule has 3 aromatic rings. The van der Waals surface area contributed by atoms with Gasteiger partial charge in [-0.2, -0.15) is 0 Å². The maximum Gasteiger partial charge on any atom is 0.231 e. The highest BCUT2D eigenvalue weighted by Gasteiger charge is 2.37. The third-order valence-electron chi connectivity index (χ3n) is 5.64. The minimum atomic E-state index is -0.332. The molecule has 2 aromatic carbocycles. The van der Waals surface area contributed by atoms with E-state index in [9.17, 15) is 4.79 Å². The van der Waals surface area contributed by atoms with Gasteiger partial charge in [0.15, 0.2) is 16.7 Å². The van der Waals surface area contributed by atoms with Gasteiger partial charge in [-0.15, -0.1) is 0 Å². The lowest BCUT2D eigenvalue weighted by Crippen LogP contribution is -2.44. The van der Waals surface area contributed by atoms with Crippen molar-refractivity contribution >= 4 is 28.7 Å². The molecule has 2 heterocycles. The van der Waals surface area contributed by atoms with Crippen LogP contribution in [0.2, 0.25) is 0 Å². The molecule has 1 aliphatic carbocycles. The molecule has 2 aliphatic rings. The molecule has 5 rings (SSSR count). The molecular formula is C22H23N3O3S. The topological polar surface area (TPSA) is 76.2 Å². The van der Waals surface area contributed by atoms with Crippen LogP contribution in [-0.4, -0.2) is 34.8 Å². The van der Waals surface area contributed by atoms with Gasteiger partial charge >= 0.3 is 0 Å². The maximum atomic E-state index is 12.8. The van der Waals surface area contributed by atoms with Crippen molar-refractivity contribution in [1.29, 1.82) is 0 Å². The fourth-order valence-corrected chi connectivity index (χ4v) is 4.93. The normalized spacial score (nSPS) is 17.4. The number of aromatic nitrogens is 2. The second-order valence-corrected chi connectivity index (χ2v) is 8.51. The average Bonchev–Trinajstić information content (AvgIpc) is 3.39. The van der Waals surface area contributed by atoms with Gasteiger partial charge in [0, 0.05) is 0 Å². The second kappa shape index (κ2) is 7.63. The number of carbonyl (C=O) groups is 1. The lowest BCUT2D eigenvalue weighted by Gasteiger charge is -2.32. The Bertz CT molecular complexity index is 1010. The summed E-state index contributed by atoms with van der Waals surface area (Å²) >= 11 is 1.43. The molecule has 29 heavy (non-hydrogen) atoms. The summed E-state index contributed by atoms with van der Waals surface area (Å²) in [6.45, 7) is 1.14. The first-order valence-electron chi connectivity index (χ1n) is 10.0. The minimum Gasteiger partial charge on any atom is -0.486 e. The summed E-state index contributed by atoms with van der Waals surface area (Å²) in [7, 11) is 0. The highest BCUT2D eigenvalue weighted by Crippen LogP contribution is 2.42. The number of ether oxygens (including phenoxy) is 2. The quantitative estimate of drug-likeness (QED) is 0.623. The lowest BCUT2D eigenvalue weighted by atomic mass is 9.87. The predicted molar refractivity (Wildman–Crippen MR) is 113 cm³/mol. The fourth-order valence-electron chi connectivity index (χ4n) is 4.24. The molecule has 7 heteroatoms. The number of para-hydroxylation sites is 2. The zero-order valence-electron chi connectivity index (χ0n) is 16.1. The van der Waals surface area contributed by atoms with Gasteiger partial charge < -0.3 is 19.8 Å². The number of imidazole rings is 1. The van der Waals surface area contributed by atoms with Gasteiger partial charge in [0.05, 0.1) is 22.3 Å². The Morgan fingerprint density at radius 2 is 1.90 bits per heavy atom. The molecule has 0 atom stereocenters. The predicted octanol–water partition coefficient (Wildman–Crippen LogP) is 4.01. The minimum absolute atomic E-state index is 0.0206. The van der Waals surface area contributed by atoms with E-state index >= 15 is 0 Å². The third-order valence-corrected chi connectivity index (χ3v) is 6.51. The number of nitrogens with zero attached hydrogens (tertiary/aromatic N) is 1. The molecule has 1 amide bonds. The molecular weight excluding hydrogens is 386 g/mol. The van der Waals surface area contributed by atoms with Crippen molar-refractivity contribution in [2.45, 2.75) is 36.4 Å². The van der Waals surface area contributed by atoms with Crippen molar-refractivity contribution in [3.63, 3.8) is 0 Å². The first-order valence-corrected chi connectivity index (χ1v) is 11.0. The number of carbonyl (C=O) groups excluding carboxylic acids is 1. The van der Waals surface area contributed by atoms with Crippen molar-refractivity contribution < 1.29 is 14.3 Å². The lowest BCUT2D eigenvalue weighted by molar-refractivity contribution is -0.120. The standard InChI is InChI=1S/C22H23N3O3S/c26-20(14-29-21-23-16-5-1-2-6-17(16)24-21)25-22(9-3-4-10-22)15-7-8-18-19(13-15)28-12-11-27-18/h1-2,5-8,13H,3-4,9-12,14H2,(H,23,24)(H,25,26). The number of hydrogen-bond acceptors (Lipinski definition) is 5. The molecule has 0 bridgehead atoms. The zero-order chi connectivity index (χ0) is 19.7. The summed E-state index contributed by atoms with van der Waals surface area (Å²) in [5, 5.41) is 4.09. The third kappa shape index (κ3) is 3.67. The Morgan fingerprint density at radius 1 is 1.10 bits per heavy atom. The van der Waals surface area contributed by atoms with Crippen molar-refractivity contribution in [3.05, 3.63) is 48.0 Å². The van der Waals surface area contributed by atoms with E-state index in [0.29, 0.717) is 19.0 Å². The highest BCUT2D eigenvalue weighted by molar-refractivity contribution is 7.99. The van der Waals surface area contributed by atoms with E-state index in [-0.39, 0.29) is 11.4 Å². The molecule has 0 radical (unpaired) electrons. The van der Waals surface area contributed by atoms with Gasteiger partial charge in [0.2, 0.25) is 5.91 Å². The van der Waals surface area contributed by atoms with Crippen molar-refractivity contribution in [3.8, 4) is 11.5 Å². The zero-order valence-corrected chi connectivity index (χ0v) is 16.9. The molecule has 6 nitrogen and oxygen atoms in total. The van der Waals surface area contributed by atoms with E-state index in [1.807, 2.05) is 36.4 Å². The molecule has 150 valence electrons. The molecule has 0 saturated heterocycles. The van der Waals surface area contributed by atoms with Crippen molar-refractivity contribution in [1.82, 2.24) is 15.3 Å². The van der Waals surface area contributed by atoms with Crippen LogP contribution in [0, 0.1) is 0 Å². The van der Waals surface area contributed by atoms with Gasteiger partial charge in [0.25, 0.3) is 0 Å². The molecule has 1 fully saturated rings. The van der Waals surface area contributed by atoms with Crippen LogP contribution in [0.1, 0.15) is 31.2 Å². The van der Waals surface area contributed by atoms with Crippen LogP contribution in [-0.2, 0) is 10.3 Å². The Hall–Kier alpha value is -2.67. The van der Waals surface area contributed by atoms with E-state index < -0.39 is 0 Å². The van der Waals surface area contributed by atoms with Crippen molar-refractivity contribution in [2.75, 3.05) is 19.0 Å². The number of hydrogen-bond donors (Lipinski definition) is 2. The SMILES string of the molecule is O=C(CSc1nc2ccccc2[nH]1)NC1(c2ccc3c(c2)OCCO3)CCCC1. The number of aromatic amines is 1. The molecule has 1 saturated carbocycles. The van der Waals surface area contributed by atoms with Gasteiger partial charge in [-0.1, -0.05) is 42.8 Å². The summed E-state index contributed by atoms with van der Waals surface area (Å²) in [6, 6.07) is 13.9. The average molecular weight is 410 g/mol. The number of benzene rings is 2. The van der Waals surface area contributed by atoms with Crippen molar-refractivity contribution in [2.24, 2.45) is 0 Å². The molecule has 1 aromatic heterocycles. The summed E-state index contributed by atoms with van der Waals surface area (Å²) in [4.78, 5) is 20.6. The van der Waals surface area contributed by atoms with Gasteiger partial charge in [-0.25, -0.2) is 4.98 Å². The number of amides is 1. The molecule has 0 spiro atoms. The summed E-state index contributed by atoms with van der Waals surface area (Å²) in [5.41, 5.74) is 2.67. The number of rotatable bonds is 5. The van der Waals surface area contributed by atoms with Crippen LogP contribution in [0.25, 0.3) is 11.0 Å². The largest absolute Gasteiger partial charge is 0.486 e. The Morgan fingerprint density at radius 3 is 2.72 bits per heavy atom. The summed E-state index contributed by atoms with van der Waals surface area (Å²) in [5.74, 6) is 1.89. The van der Waals surface area contributed by atoms with Crippen LogP contribution in [0.15, 0.2) is 47.6 Å². The maximum absolute atomic E-state index is 12.8. The van der Waals surface area contributed by atoms with Crippen LogP contribution in [0.5, 0.6) is 11.5 Å². The van der Waals surface area contributed by atoms with Gasteiger partial charge in [0.1, 0.15) is 13.2 Å². The van der Waals surface area contributed by atoms with E-state index in [4.69, 9.17) is 9.47 Å². The fraction of sp³-hybridized carbons (Fsp3) is 0.364. The summed E-state index contributed by atoms with van der Waals surface area (Å²) in [6.07, 6.45) is 4.08. The highest BCUT2D eigenvalue weighted by atomic mass is 32.2. The van der Waals surface area contributed by atoms with Gasteiger partial charge in [-0.05, 0) is 42.7 Å². The number of thioether (sulfide) groups is 1. The Kier molecular flexibility index (Phi) is 4.83. The van der Waals surface area contributed by atoms with E-state index in [2.05, 4.69) is 21.4 Å². The van der Waals surface area contributed by atoms with E-state index in [1.54, 1.807) is 0 Å². The monoisotopic (exact) mass is 409 g/mol. The first-order chi connectivity index (χ1) is 14.2. The summed E-state index contributed by atoms with van der Waals surface area (Å²) < 4.78 is 11.4. The number of fused-ring (bicyclic) bond motifs is 2. The van der Waals surface area contributed by atoms with E-state index in [0.717, 1.165) is 58.9 Å².